The van der Waals surface area contributed by atoms with Crippen LogP contribution in [-0.4, -0.2) is 49.4 Å². The summed E-state index contributed by atoms with van der Waals surface area (Å²) in [5, 5.41) is 9.52. The van der Waals surface area contributed by atoms with Crippen LogP contribution in [-0.2, 0) is 10.0 Å². The second-order valence-corrected chi connectivity index (χ2v) is 6.98. The average molecular weight is 300 g/mol. The van der Waals surface area contributed by atoms with Gasteiger partial charge in [0.05, 0.1) is 11.9 Å². The second kappa shape index (κ2) is 6.43. The number of rotatable bonds is 5. The molecule has 0 saturated carbocycles. The van der Waals surface area contributed by atoms with Crippen molar-refractivity contribution in [3.8, 4) is 5.75 Å². The van der Waals surface area contributed by atoms with Crippen molar-refractivity contribution in [2.24, 2.45) is 0 Å². The Morgan fingerprint density at radius 3 is 2.70 bits per heavy atom. The van der Waals surface area contributed by atoms with Gasteiger partial charge in [0.1, 0.15) is 12.4 Å². The van der Waals surface area contributed by atoms with Crippen LogP contribution in [0.3, 0.4) is 0 Å². The van der Waals surface area contributed by atoms with Crippen LogP contribution in [0.15, 0.2) is 24.3 Å². The molecule has 20 heavy (non-hydrogen) atoms. The molecule has 1 atom stereocenters. The third-order valence-corrected chi connectivity index (χ3v) is 5.04. The molecule has 7 heteroatoms. The molecular formula is C13H20N2O4S. The van der Waals surface area contributed by atoms with E-state index in [2.05, 4.69) is 0 Å². The van der Waals surface area contributed by atoms with Crippen LogP contribution in [0.2, 0.25) is 0 Å². The van der Waals surface area contributed by atoms with Gasteiger partial charge in [0, 0.05) is 18.8 Å². The standard InChI is InChI=1S/C13H20N2O4S/c14-11-3-5-13(6-4-11)19-8-9-20(17,18)15-7-1-2-12(16)10-15/h3-6,12,16H,1-2,7-10,14H2. The van der Waals surface area contributed by atoms with Crippen molar-refractivity contribution in [3.05, 3.63) is 24.3 Å². The zero-order chi connectivity index (χ0) is 14.6. The lowest BCUT2D eigenvalue weighted by Crippen LogP contribution is -2.43. The summed E-state index contributed by atoms with van der Waals surface area (Å²) < 4.78 is 30.9. The lowest BCUT2D eigenvalue weighted by molar-refractivity contribution is 0.108. The summed E-state index contributed by atoms with van der Waals surface area (Å²) in [6, 6.07) is 6.80. The molecule has 1 aliphatic rings. The molecule has 1 aliphatic heterocycles. The predicted octanol–water partition coefficient (Wildman–Crippen LogP) is 0.434. The number of ether oxygens (including phenoxy) is 1. The monoisotopic (exact) mass is 300 g/mol. The number of nitrogens with zero attached hydrogens (tertiary/aromatic N) is 1. The van der Waals surface area contributed by atoms with Crippen molar-refractivity contribution in [1.29, 1.82) is 0 Å². The number of sulfonamides is 1. The molecule has 0 aromatic heterocycles. The van der Waals surface area contributed by atoms with E-state index in [-0.39, 0.29) is 18.9 Å². The Morgan fingerprint density at radius 1 is 1.35 bits per heavy atom. The van der Waals surface area contributed by atoms with Crippen molar-refractivity contribution < 1.29 is 18.3 Å². The van der Waals surface area contributed by atoms with Crippen LogP contribution < -0.4 is 10.5 Å². The Kier molecular flexibility index (Phi) is 4.85. The van der Waals surface area contributed by atoms with E-state index in [1.165, 1.54) is 4.31 Å². The smallest absolute Gasteiger partial charge is 0.217 e. The first-order chi connectivity index (χ1) is 9.47. The van der Waals surface area contributed by atoms with Crippen molar-refractivity contribution in [1.82, 2.24) is 4.31 Å². The molecule has 0 bridgehead atoms. The van der Waals surface area contributed by atoms with Gasteiger partial charge in [-0.3, -0.25) is 0 Å². The number of hydrogen-bond acceptors (Lipinski definition) is 5. The lowest BCUT2D eigenvalue weighted by Gasteiger charge is -2.29. The summed E-state index contributed by atoms with van der Waals surface area (Å²) in [7, 11) is -3.37. The van der Waals surface area contributed by atoms with Crippen LogP contribution in [0, 0.1) is 0 Å². The summed E-state index contributed by atoms with van der Waals surface area (Å²) in [5.74, 6) is 0.498. The highest BCUT2D eigenvalue weighted by atomic mass is 32.2. The summed E-state index contributed by atoms with van der Waals surface area (Å²) in [5.41, 5.74) is 6.19. The molecule has 0 spiro atoms. The number of nitrogens with two attached hydrogens (primary N) is 1. The Morgan fingerprint density at radius 2 is 2.05 bits per heavy atom. The van der Waals surface area contributed by atoms with E-state index >= 15 is 0 Å². The van der Waals surface area contributed by atoms with Crippen LogP contribution >= 0.6 is 0 Å². The van der Waals surface area contributed by atoms with Crippen LogP contribution in [0.25, 0.3) is 0 Å². The Bertz CT molecular complexity index is 530. The zero-order valence-electron chi connectivity index (χ0n) is 11.2. The third kappa shape index (κ3) is 4.09. The minimum absolute atomic E-state index is 0.0822. The maximum absolute atomic E-state index is 12.1. The van der Waals surface area contributed by atoms with E-state index in [4.69, 9.17) is 10.5 Å². The highest BCUT2D eigenvalue weighted by Crippen LogP contribution is 2.16. The molecule has 0 amide bonds. The van der Waals surface area contributed by atoms with Gasteiger partial charge < -0.3 is 15.6 Å². The highest BCUT2D eigenvalue weighted by molar-refractivity contribution is 7.89. The Hall–Kier alpha value is -1.31. The number of aliphatic hydroxyl groups excluding tert-OH is 1. The van der Waals surface area contributed by atoms with Gasteiger partial charge in [0.25, 0.3) is 0 Å². The number of β-amino-alcohol motifs (C(OH)–C–C–N with tert-alkyl or cyclic N) is 1. The number of benzene rings is 1. The minimum atomic E-state index is -3.37. The predicted molar refractivity (Wildman–Crippen MR) is 77.0 cm³/mol. The molecule has 112 valence electrons. The fraction of sp³-hybridized carbons (Fsp3) is 0.538. The third-order valence-electron chi connectivity index (χ3n) is 3.24. The van der Waals surface area contributed by atoms with Gasteiger partial charge in [-0.1, -0.05) is 0 Å². The number of anilines is 1. The summed E-state index contributed by atoms with van der Waals surface area (Å²) in [4.78, 5) is 0. The van der Waals surface area contributed by atoms with E-state index in [1.54, 1.807) is 24.3 Å². The van der Waals surface area contributed by atoms with Crippen molar-refractivity contribution in [3.63, 3.8) is 0 Å². The molecule has 1 fully saturated rings. The minimum Gasteiger partial charge on any atom is -0.492 e. The molecule has 3 N–H and O–H groups in total. The van der Waals surface area contributed by atoms with Crippen LogP contribution in [0.1, 0.15) is 12.8 Å². The molecule has 2 rings (SSSR count). The van der Waals surface area contributed by atoms with Crippen LogP contribution in [0.4, 0.5) is 5.69 Å². The zero-order valence-corrected chi connectivity index (χ0v) is 12.1. The molecule has 1 saturated heterocycles. The number of nitrogen functional groups attached to an aromatic ring is 1. The van der Waals surface area contributed by atoms with Crippen molar-refractivity contribution in [2.45, 2.75) is 18.9 Å². The van der Waals surface area contributed by atoms with E-state index in [0.717, 1.165) is 0 Å². The molecule has 1 heterocycles. The summed E-state index contributed by atoms with van der Waals surface area (Å²) in [6.07, 6.45) is 0.796. The van der Waals surface area contributed by atoms with Crippen molar-refractivity contribution >= 4 is 15.7 Å². The van der Waals surface area contributed by atoms with Gasteiger partial charge in [-0.25, -0.2) is 8.42 Å². The van der Waals surface area contributed by atoms with E-state index in [9.17, 15) is 13.5 Å². The topological polar surface area (TPSA) is 92.9 Å². The van der Waals surface area contributed by atoms with Crippen LogP contribution in [0.5, 0.6) is 5.75 Å². The summed E-state index contributed by atoms with van der Waals surface area (Å²) >= 11 is 0. The van der Waals surface area contributed by atoms with E-state index < -0.39 is 16.1 Å². The second-order valence-electron chi connectivity index (χ2n) is 4.89. The first-order valence-corrected chi connectivity index (χ1v) is 8.22. The maximum atomic E-state index is 12.1. The maximum Gasteiger partial charge on any atom is 0.217 e. The fourth-order valence-electron chi connectivity index (χ4n) is 2.13. The molecular weight excluding hydrogens is 280 g/mol. The first kappa shape index (κ1) is 15.1. The molecule has 0 radical (unpaired) electrons. The largest absolute Gasteiger partial charge is 0.492 e. The lowest BCUT2D eigenvalue weighted by atomic mass is 10.1. The van der Waals surface area contributed by atoms with E-state index in [0.29, 0.717) is 30.8 Å². The van der Waals surface area contributed by atoms with Gasteiger partial charge in [0.15, 0.2) is 0 Å². The molecule has 1 aromatic carbocycles. The molecule has 1 aromatic rings. The van der Waals surface area contributed by atoms with Gasteiger partial charge in [0.2, 0.25) is 10.0 Å². The van der Waals surface area contributed by atoms with Gasteiger partial charge in [-0.15, -0.1) is 0 Å². The first-order valence-electron chi connectivity index (χ1n) is 6.61. The van der Waals surface area contributed by atoms with E-state index in [1.807, 2.05) is 0 Å². The Balaban J connectivity index is 1.84. The fourth-order valence-corrected chi connectivity index (χ4v) is 3.49. The number of piperidine rings is 1. The number of hydrogen-bond donors (Lipinski definition) is 2. The highest BCUT2D eigenvalue weighted by Gasteiger charge is 2.27. The van der Waals surface area contributed by atoms with Gasteiger partial charge in [-0.05, 0) is 37.1 Å². The van der Waals surface area contributed by atoms with Crippen molar-refractivity contribution in [2.75, 3.05) is 31.2 Å². The van der Waals surface area contributed by atoms with Gasteiger partial charge in [-0.2, -0.15) is 4.31 Å². The average Bonchev–Trinajstić information content (AvgIpc) is 2.41. The number of aliphatic hydroxyl groups is 1. The molecule has 1 unspecified atom stereocenters. The summed E-state index contributed by atoms with van der Waals surface area (Å²) in [6.45, 7) is 0.740. The normalized spacial score (nSPS) is 20.8. The van der Waals surface area contributed by atoms with Gasteiger partial charge >= 0.3 is 0 Å². The Labute approximate surface area is 119 Å². The quantitative estimate of drug-likeness (QED) is 0.769. The molecule has 6 nitrogen and oxygen atoms in total. The SMILES string of the molecule is Nc1ccc(OCCS(=O)(=O)N2CCCC(O)C2)cc1. The molecule has 0 aliphatic carbocycles.